The molecule has 0 aliphatic rings. The summed E-state index contributed by atoms with van der Waals surface area (Å²) in [4.78, 5) is 4.37. The largest absolute Gasteiger partial charge is 0.383 e. The number of ether oxygens (including phenoxy) is 1. The molecule has 98 valence electrons. The van der Waals surface area contributed by atoms with Gasteiger partial charge >= 0.3 is 0 Å². The first-order valence-corrected chi connectivity index (χ1v) is 6.14. The van der Waals surface area contributed by atoms with E-state index in [9.17, 15) is 0 Å². The van der Waals surface area contributed by atoms with Gasteiger partial charge in [-0.25, -0.2) is 4.98 Å². The molecule has 2 unspecified atom stereocenters. The highest BCUT2D eigenvalue weighted by atomic mass is 16.5. The van der Waals surface area contributed by atoms with E-state index in [1.807, 2.05) is 12.4 Å². The van der Waals surface area contributed by atoms with Crippen LogP contribution in [-0.2, 0) is 4.74 Å². The minimum absolute atomic E-state index is 0.210. The van der Waals surface area contributed by atoms with Gasteiger partial charge in [0.25, 0.3) is 0 Å². The molecule has 1 rings (SSSR count). The lowest BCUT2D eigenvalue weighted by Gasteiger charge is -2.30. The molecule has 0 fully saturated rings. The smallest absolute Gasteiger partial charge is 0.203 e. The molecule has 0 amide bonds. The van der Waals surface area contributed by atoms with Crippen LogP contribution in [-0.4, -0.2) is 29.3 Å². The third kappa shape index (κ3) is 3.73. The van der Waals surface area contributed by atoms with E-state index in [1.54, 1.807) is 7.11 Å². The van der Waals surface area contributed by atoms with Gasteiger partial charge in [-0.3, -0.25) is 0 Å². The molecule has 0 bridgehead atoms. The SMILES string of the molecule is COCC(C)Nc1nccn1C(C)C(C)(C)C. The van der Waals surface area contributed by atoms with Gasteiger partial charge in [0.2, 0.25) is 5.95 Å². The second-order valence-electron chi connectivity index (χ2n) is 5.70. The Morgan fingerprint density at radius 1 is 1.41 bits per heavy atom. The number of hydrogen-bond donors (Lipinski definition) is 1. The van der Waals surface area contributed by atoms with Gasteiger partial charge in [-0.15, -0.1) is 0 Å². The molecule has 0 aliphatic carbocycles. The number of aromatic nitrogens is 2. The predicted octanol–water partition coefficient (Wildman–Crippen LogP) is 2.94. The average Bonchev–Trinajstić information content (AvgIpc) is 2.63. The summed E-state index contributed by atoms with van der Waals surface area (Å²) in [7, 11) is 1.71. The normalized spacial score (nSPS) is 15.6. The van der Waals surface area contributed by atoms with Crippen LogP contribution in [0.5, 0.6) is 0 Å². The first kappa shape index (κ1) is 14.0. The molecule has 1 heterocycles. The van der Waals surface area contributed by atoms with Crippen LogP contribution in [0.15, 0.2) is 12.4 Å². The second-order valence-corrected chi connectivity index (χ2v) is 5.70. The molecule has 0 saturated heterocycles. The van der Waals surface area contributed by atoms with Crippen LogP contribution in [0.25, 0.3) is 0 Å². The maximum Gasteiger partial charge on any atom is 0.203 e. The molecule has 2 atom stereocenters. The van der Waals surface area contributed by atoms with E-state index in [-0.39, 0.29) is 11.5 Å². The van der Waals surface area contributed by atoms with Crippen LogP contribution in [0.3, 0.4) is 0 Å². The van der Waals surface area contributed by atoms with E-state index in [0.29, 0.717) is 12.6 Å². The van der Waals surface area contributed by atoms with Crippen LogP contribution < -0.4 is 5.32 Å². The van der Waals surface area contributed by atoms with Crippen molar-refractivity contribution >= 4 is 5.95 Å². The van der Waals surface area contributed by atoms with Crippen molar-refractivity contribution in [3.05, 3.63) is 12.4 Å². The van der Waals surface area contributed by atoms with E-state index < -0.39 is 0 Å². The van der Waals surface area contributed by atoms with Gasteiger partial charge in [0.1, 0.15) is 0 Å². The number of imidazole rings is 1. The van der Waals surface area contributed by atoms with E-state index in [2.05, 4.69) is 49.5 Å². The van der Waals surface area contributed by atoms with Gasteiger partial charge in [-0.05, 0) is 19.3 Å². The maximum atomic E-state index is 5.12. The Morgan fingerprint density at radius 2 is 2.06 bits per heavy atom. The molecule has 0 saturated carbocycles. The summed E-state index contributed by atoms with van der Waals surface area (Å²) in [5, 5.41) is 3.37. The molecule has 1 N–H and O–H groups in total. The van der Waals surface area contributed by atoms with Crippen LogP contribution in [0.2, 0.25) is 0 Å². The maximum absolute atomic E-state index is 5.12. The Bertz CT molecular complexity index is 341. The topological polar surface area (TPSA) is 39.1 Å². The zero-order chi connectivity index (χ0) is 13.1. The predicted molar refractivity (Wildman–Crippen MR) is 71.4 cm³/mol. The van der Waals surface area contributed by atoms with Crippen LogP contribution >= 0.6 is 0 Å². The van der Waals surface area contributed by atoms with Gasteiger partial charge in [0.05, 0.1) is 6.61 Å². The van der Waals surface area contributed by atoms with E-state index in [0.717, 1.165) is 5.95 Å². The fourth-order valence-corrected chi connectivity index (χ4v) is 1.67. The molecule has 1 aromatic heterocycles. The molecule has 0 aliphatic heterocycles. The molecular weight excluding hydrogens is 214 g/mol. The van der Waals surface area contributed by atoms with Crippen LogP contribution in [0.1, 0.15) is 40.7 Å². The summed E-state index contributed by atoms with van der Waals surface area (Å²) in [6, 6.07) is 0.649. The zero-order valence-corrected chi connectivity index (χ0v) is 11.8. The summed E-state index contributed by atoms with van der Waals surface area (Å²) in [5.74, 6) is 0.914. The molecule has 0 aromatic carbocycles. The third-order valence-electron chi connectivity index (χ3n) is 3.13. The Kier molecular flexibility index (Phi) is 4.57. The minimum Gasteiger partial charge on any atom is -0.383 e. The summed E-state index contributed by atoms with van der Waals surface area (Å²) < 4.78 is 7.31. The quantitative estimate of drug-likeness (QED) is 0.858. The lowest BCUT2D eigenvalue weighted by Crippen LogP contribution is -2.27. The van der Waals surface area contributed by atoms with E-state index in [1.165, 1.54) is 0 Å². The molecule has 1 aromatic rings. The summed E-state index contributed by atoms with van der Waals surface area (Å²) >= 11 is 0. The summed E-state index contributed by atoms with van der Waals surface area (Å²) in [6.45, 7) is 11.7. The lowest BCUT2D eigenvalue weighted by molar-refractivity contribution is 0.189. The second kappa shape index (κ2) is 5.54. The molecule has 4 heteroatoms. The first-order chi connectivity index (χ1) is 7.86. The van der Waals surface area contributed by atoms with Gasteiger partial charge in [0, 0.05) is 31.6 Å². The summed E-state index contributed by atoms with van der Waals surface area (Å²) in [6.07, 6.45) is 3.86. The van der Waals surface area contributed by atoms with Crippen LogP contribution in [0.4, 0.5) is 5.95 Å². The highest BCUT2D eigenvalue weighted by Gasteiger charge is 2.23. The van der Waals surface area contributed by atoms with Gasteiger partial charge in [-0.1, -0.05) is 20.8 Å². The number of hydrogen-bond acceptors (Lipinski definition) is 3. The van der Waals surface area contributed by atoms with Crippen molar-refractivity contribution in [1.29, 1.82) is 0 Å². The Balaban J connectivity index is 2.79. The first-order valence-electron chi connectivity index (χ1n) is 6.14. The Labute approximate surface area is 104 Å². The van der Waals surface area contributed by atoms with E-state index in [4.69, 9.17) is 4.74 Å². The van der Waals surface area contributed by atoms with Crippen molar-refractivity contribution < 1.29 is 4.74 Å². The van der Waals surface area contributed by atoms with Gasteiger partial charge < -0.3 is 14.6 Å². The Hall–Kier alpha value is -1.03. The molecule has 17 heavy (non-hydrogen) atoms. The highest BCUT2D eigenvalue weighted by molar-refractivity contribution is 5.28. The lowest BCUT2D eigenvalue weighted by atomic mass is 9.88. The number of nitrogens with zero attached hydrogens (tertiary/aromatic N) is 2. The fraction of sp³-hybridized carbons (Fsp3) is 0.769. The van der Waals surface area contributed by atoms with E-state index >= 15 is 0 Å². The zero-order valence-electron chi connectivity index (χ0n) is 11.8. The van der Waals surface area contributed by atoms with Crippen molar-refractivity contribution in [2.45, 2.75) is 46.7 Å². The van der Waals surface area contributed by atoms with Gasteiger partial charge in [0.15, 0.2) is 0 Å². The van der Waals surface area contributed by atoms with Crippen molar-refractivity contribution in [3.63, 3.8) is 0 Å². The number of anilines is 1. The monoisotopic (exact) mass is 239 g/mol. The average molecular weight is 239 g/mol. The molecule has 4 nitrogen and oxygen atoms in total. The standard InChI is InChI=1S/C13H25N3O/c1-10(9-17-6)15-12-14-7-8-16(12)11(2)13(3,4)5/h7-8,10-11H,9H2,1-6H3,(H,14,15). The highest BCUT2D eigenvalue weighted by Crippen LogP contribution is 2.31. The van der Waals surface area contributed by atoms with Crippen LogP contribution in [0, 0.1) is 5.41 Å². The van der Waals surface area contributed by atoms with Crippen molar-refractivity contribution in [2.75, 3.05) is 19.0 Å². The summed E-state index contributed by atoms with van der Waals surface area (Å²) in [5.41, 5.74) is 0.210. The minimum atomic E-state index is 0.210. The van der Waals surface area contributed by atoms with Crippen molar-refractivity contribution in [2.24, 2.45) is 5.41 Å². The molecule has 0 spiro atoms. The molecule has 0 radical (unpaired) electrons. The number of nitrogens with one attached hydrogen (secondary N) is 1. The van der Waals surface area contributed by atoms with Crippen molar-refractivity contribution in [1.82, 2.24) is 9.55 Å². The third-order valence-corrected chi connectivity index (χ3v) is 3.13. The van der Waals surface area contributed by atoms with Gasteiger partial charge in [-0.2, -0.15) is 0 Å². The number of methoxy groups -OCH3 is 1. The fourth-order valence-electron chi connectivity index (χ4n) is 1.67. The molecular formula is C13H25N3O. The number of rotatable bonds is 5. The van der Waals surface area contributed by atoms with Crippen molar-refractivity contribution in [3.8, 4) is 0 Å². The Morgan fingerprint density at radius 3 is 2.59 bits per heavy atom.